The van der Waals surface area contributed by atoms with E-state index in [0.29, 0.717) is 18.2 Å². The number of benzene rings is 2. The first-order chi connectivity index (χ1) is 10.3. The van der Waals surface area contributed by atoms with Gasteiger partial charge in [-0.15, -0.1) is 0 Å². The lowest BCUT2D eigenvalue weighted by atomic mass is 10.0. The van der Waals surface area contributed by atoms with Crippen LogP contribution in [0.1, 0.15) is 0 Å². The van der Waals surface area contributed by atoms with Crippen molar-refractivity contribution in [3.05, 3.63) is 48.5 Å². The first-order valence-corrected chi connectivity index (χ1v) is 7.19. The summed E-state index contributed by atoms with van der Waals surface area (Å²) in [5, 5.41) is 1.61. The normalized spacial score (nSPS) is 13.3. The van der Waals surface area contributed by atoms with Crippen molar-refractivity contribution in [2.75, 3.05) is 13.2 Å². The van der Waals surface area contributed by atoms with Crippen molar-refractivity contribution >= 4 is 23.5 Å². The van der Waals surface area contributed by atoms with Crippen molar-refractivity contribution in [2.45, 2.75) is 5.03 Å². The molecule has 21 heavy (non-hydrogen) atoms. The molecule has 2 aromatic carbocycles. The number of rotatable bonds is 1. The maximum Gasteiger partial charge on any atom is 0.163 e. The second kappa shape index (κ2) is 4.90. The standard InChI is InChI=1S/C17H13NO2S/c21-17-9-12(11-4-2-1-3-5-11)13-8-15-16(10-14(13)18-17)20-7-6-19-15/h1-5,8-10H,6-7H2,(H,18,21)/p-1. The lowest BCUT2D eigenvalue weighted by Crippen LogP contribution is -2.15. The van der Waals surface area contributed by atoms with E-state index < -0.39 is 0 Å². The van der Waals surface area contributed by atoms with Crippen molar-refractivity contribution < 1.29 is 9.47 Å². The molecule has 0 unspecified atom stereocenters. The average molecular weight is 294 g/mol. The fourth-order valence-corrected chi connectivity index (χ4v) is 2.81. The van der Waals surface area contributed by atoms with Crippen LogP contribution in [-0.2, 0) is 12.6 Å². The molecule has 1 aliphatic heterocycles. The minimum Gasteiger partial charge on any atom is -0.760 e. The van der Waals surface area contributed by atoms with Crippen LogP contribution < -0.4 is 9.47 Å². The van der Waals surface area contributed by atoms with E-state index in [1.165, 1.54) is 0 Å². The molecule has 4 heteroatoms. The van der Waals surface area contributed by atoms with Gasteiger partial charge < -0.3 is 22.1 Å². The van der Waals surface area contributed by atoms with Crippen molar-refractivity contribution in [2.24, 2.45) is 0 Å². The SMILES string of the molecule is [S-]c1cc(-c2ccccc2)c2cc3c(cc2n1)OCCO3. The van der Waals surface area contributed by atoms with Gasteiger partial charge in [-0.05, 0) is 17.2 Å². The maximum atomic E-state index is 5.67. The summed E-state index contributed by atoms with van der Waals surface area (Å²) in [4.78, 5) is 4.45. The summed E-state index contributed by atoms with van der Waals surface area (Å²) in [7, 11) is 0. The highest BCUT2D eigenvalue weighted by Gasteiger charge is 2.15. The summed E-state index contributed by atoms with van der Waals surface area (Å²) in [5.41, 5.74) is 3.03. The molecule has 4 rings (SSSR count). The maximum absolute atomic E-state index is 5.67. The minimum absolute atomic E-state index is 0.567. The van der Waals surface area contributed by atoms with E-state index >= 15 is 0 Å². The third kappa shape index (κ3) is 2.17. The molecule has 2 heterocycles. The molecule has 1 aliphatic rings. The number of fused-ring (bicyclic) bond motifs is 2. The number of nitrogens with zero attached hydrogens (tertiary/aromatic N) is 1. The fraction of sp³-hybridized carbons (Fsp3) is 0.118. The molecule has 1 aromatic heterocycles. The number of aromatic nitrogens is 1. The van der Waals surface area contributed by atoms with Gasteiger partial charge in [-0.1, -0.05) is 41.4 Å². The summed E-state index contributed by atoms with van der Waals surface area (Å²) >= 11 is 5.30. The van der Waals surface area contributed by atoms with Gasteiger partial charge >= 0.3 is 0 Å². The Kier molecular flexibility index (Phi) is 2.89. The Bertz CT molecular complexity index is 818. The van der Waals surface area contributed by atoms with Gasteiger partial charge in [0.2, 0.25) is 0 Å². The zero-order valence-corrected chi connectivity index (χ0v) is 12.0. The van der Waals surface area contributed by atoms with E-state index in [9.17, 15) is 0 Å². The van der Waals surface area contributed by atoms with E-state index in [2.05, 4.69) is 17.1 Å². The summed E-state index contributed by atoms with van der Waals surface area (Å²) < 4.78 is 11.3. The molecule has 0 radical (unpaired) electrons. The largest absolute Gasteiger partial charge is 0.760 e. The summed E-state index contributed by atoms with van der Waals surface area (Å²) in [5.74, 6) is 1.51. The topological polar surface area (TPSA) is 31.4 Å². The van der Waals surface area contributed by atoms with Crippen molar-refractivity contribution in [3.8, 4) is 22.6 Å². The Labute approximate surface area is 127 Å². The molecule has 104 valence electrons. The third-order valence-electron chi connectivity index (χ3n) is 3.53. The van der Waals surface area contributed by atoms with Crippen LogP contribution in [0.5, 0.6) is 11.5 Å². The first kappa shape index (κ1) is 12.4. The fourth-order valence-electron chi connectivity index (χ4n) is 2.60. The Morgan fingerprint density at radius 2 is 1.62 bits per heavy atom. The van der Waals surface area contributed by atoms with Gasteiger partial charge in [0.15, 0.2) is 11.5 Å². The minimum atomic E-state index is 0.567. The molecular formula is C17H12NO2S-. The molecule has 0 amide bonds. The van der Waals surface area contributed by atoms with Crippen LogP contribution in [0.3, 0.4) is 0 Å². The third-order valence-corrected chi connectivity index (χ3v) is 3.74. The number of hydrogen-bond acceptors (Lipinski definition) is 4. The highest BCUT2D eigenvalue weighted by molar-refractivity contribution is 7.58. The summed E-state index contributed by atoms with van der Waals surface area (Å²) in [6, 6.07) is 16.0. The summed E-state index contributed by atoms with van der Waals surface area (Å²) in [6.07, 6.45) is 0. The molecule has 0 fully saturated rings. The first-order valence-electron chi connectivity index (χ1n) is 6.78. The number of pyridine rings is 1. The molecule has 3 aromatic rings. The van der Waals surface area contributed by atoms with Gasteiger partial charge in [0.1, 0.15) is 13.2 Å². The smallest absolute Gasteiger partial charge is 0.163 e. The van der Waals surface area contributed by atoms with E-state index in [4.69, 9.17) is 22.1 Å². The highest BCUT2D eigenvalue weighted by Crippen LogP contribution is 2.38. The van der Waals surface area contributed by atoms with Crippen LogP contribution in [0.4, 0.5) is 0 Å². The molecule has 0 bridgehead atoms. The molecule has 0 atom stereocenters. The molecule has 0 N–H and O–H groups in total. The van der Waals surface area contributed by atoms with Crippen molar-refractivity contribution in [1.82, 2.24) is 4.98 Å². The van der Waals surface area contributed by atoms with Gasteiger partial charge in [-0.3, -0.25) is 4.98 Å². The van der Waals surface area contributed by atoms with Gasteiger partial charge in [-0.25, -0.2) is 0 Å². The van der Waals surface area contributed by atoms with Crippen LogP contribution in [0, 0.1) is 0 Å². The quantitative estimate of drug-likeness (QED) is 0.642. The predicted octanol–water partition coefficient (Wildman–Crippen LogP) is 3.58. The second-order valence-electron chi connectivity index (χ2n) is 4.89. The van der Waals surface area contributed by atoms with Gasteiger partial charge in [0.05, 0.1) is 5.52 Å². The number of ether oxygens (including phenoxy) is 2. The van der Waals surface area contributed by atoms with Crippen LogP contribution >= 0.6 is 0 Å². The van der Waals surface area contributed by atoms with Crippen molar-refractivity contribution in [1.29, 1.82) is 0 Å². The van der Waals surface area contributed by atoms with Crippen LogP contribution in [0.15, 0.2) is 53.6 Å². The predicted molar refractivity (Wildman–Crippen MR) is 83.8 cm³/mol. The lowest BCUT2D eigenvalue weighted by Gasteiger charge is -2.20. The van der Waals surface area contributed by atoms with Gasteiger partial charge in [0.25, 0.3) is 0 Å². The van der Waals surface area contributed by atoms with Crippen molar-refractivity contribution in [3.63, 3.8) is 0 Å². The zero-order chi connectivity index (χ0) is 14.2. The Hall–Kier alpha value is -2.33. The van der Waals surface area contributed by atoms with E-state index in [1.54, 1.807) is 0 Å². The number of hydrogen-bond donors (Lipinski definition) is 0. The molecule has 0 spiro atoms. The second-order valence-corrected chi connectivity index (χ2v) is 5.31. The Morgan fingerprint density at radius 1 is 0.905 bits per heavy atom. The van der Waals surface area contributed by atoms with Crippen LogP contribution in [-0.4, -0.2) is 18.2 Å². The monoisotopic (exact) mass is 294 g/mol. The Balaban J connectivity index is 2.02. The van der Waals surface area contributed by atoms with Crippen LogP contribution in [0.25, 0.3) is 22.0 Å². The zero-order valence-electron chi connectivity index (χ0n) is 11.2. The average Bonchev–Trinajstić information content (AvgIpc) is 2.53. The highest BCUT2D eigenvalue weighted by atomic mass is 32.1. The van der Waals surface area contributed by atoms with E-state index in [-0.39, 0.29) is 0 Å². The van der Waals surface area contributed by atoms with Gasteiger partial charge in [-0.2, -0.15) is 0 Å². The van der Waals surface area contributed by atoms with E-state index in [0.717, 1.165) is 33.5 Å². The molecule has 0 aliphatic carbocycles. The molecule has 3 nitrogen and oxygen atoms in total. The lowest BCUT2D eigenvalue weighted by molar-refractivity contribution is 0.172. The van der Waals surface area contributed by atoms with Gasteiger partial charge in [0, 0.05) is 11.5 Å². The van der Waals surface area contributed by atoms with Crippen LogP contribution in [0.2, 0.25) is 0 Å². The molecule has 0 saturated heterocycles. The summed E-state index contributed by atoms with van der Waals surface area (Å²) in [6.45, 7) is 1.14. The molecular weight excluding hydrogens is 282 g/mol. The van der Waals surface area contributed by atoms with E-state index in [1.807, 2.05) is 36.4 Å². The molecule has 0 saturated carbocycles. The Morgan fingerprint density at radius 3 is 2.38 bits per heavy atom.